The zero-order valence-electron chi connectivity index (χ0n) is 8.73. The van der Waals surface area contributed by atoms with Crippen molar-refractivity contribution in [3.05, 3.63) is 29.6 Å². The predicted molar refractivity (Wildman–Crippen MR) is 68.0 cm³/mol. The van der Waals surface area contributed by atoms with Gasteiger partial charge in [0.05, 0.1) is 11.5 Å². The molecule has 2 rings (SSSR count). The maximum atomic E-state index is 5.79. The second-order valence-electron chi connectivity index (χ2n) is 3.50. The molecule has 0 aliphatic rings. The summed E-state index contributed by atoms with van der Waals surface area (Å²) in [6, 6.07) is 8.29. The molecule has 1 aromatic carbocycles. The lowest BCUT2D eigenvalue weighted by Gasteiger charge is -1.98. The average Bonchev–Trinajstić information content (AvgIpc) is 2.65. The Morgan fingerprint density at radius 2 is 2.27 bits per heavy atom. The molecular formula is C12H14N2S. The van der Waals surface area contributed by atoms with Gasteiger partial charge in [0.1, 0.15) is 0 Å². The minimum Gasteiger partial charge on any atom is -0.387 e. The number of nitrogens with two attached hydrogens (primary N) is 1. The second-order valence-corrected chi connectivity index (χ2v) is 4.44. The Bertz CT molecular complexity index is 485. The van der Waals surface area contributed by atoms with Crippen LogP contribution in [0.5, 0.6) is 0 Å². The van der Waals surface area contributed by atoms with E-state index in [1.807, 2.05) is 6.07 Å². The Morgan fingerprint density at radius 3 is 3.07 bits per heavy atom. The first kappa shape index (κ1) is 10.2. The van der Waals surface area contributed by atoms with E-state index in [0.717, 1.165) is 18.5 Å². The highest BCUT2D eigenvalue weighted by atomic mass is 32.1. The molecule has 1 heterocycles. The van der Waals surface area contributed by atoms with Crippen molar-refractivity contribution < 1.29 is 0 Å². The normalized spacial score (nSPS) is 12.2. The molecule has 0 atom stereocenters. The summed E-state index contributed by atoms with van der Waals surface area (Å²) in [7, 11) is 0. The molecule has 0 fully saturated rings. The quantitative estimate of drug-likeness (QED) is 0.619. The van der Waals surface area contributed by atoms with Crippen LogP contribution in [-0.2, 0) is 0 Å². The van der Waals surface area contributed by atoms with Crippen LogP contribution in [0.15, 0.2) is 34.6 Å². The van der Waals surface area contributed by atoms with Gasteiger partial charge in [0.15, 0.2) is 0 Å². The minimum atomic E-state index is 0.715. The topological polar surface area (TPSA) is 38.4 Å². The molecule has 2 nitrogen and oxygen atoms in total. The zero-order chi connectivity index (χ0) is 10.7. The summed E-state index contributed by atoms with van der Waals surface area (Å²) in [5, 5.41) is 3.33. The summed E-state index contributed by atoms with van der Waals surface area (Å²) in [6.45, 7) is 2.10. The van der Waals surface area contributed by atoms with Gasteiger partial charge in [-0.3, -0.25) is 0 Å². The van der Waals surface area contributed by atoms with Crippen LogP contribution in [0, 0.1) is 0 Å². The second kappa shape index (κ2) is 4.45. The van der Waals surface area contributed by atoms with E-state index >= 15 is 0 Å². The summed E-state index contributed by atoms with van der Waals surface area (Å²) >= 11 is 1.75. The molecule has 2 aromatic rings. The molecular weight excluding hydrogens is 204 g/mol. The summed E-state index contributed by atoms with van der Waals surface area (Å²) in [5.74, 6) is 0.715. The summed E-state index contributed by atoms with van der Waals surface area (Å²) < 4.78 is 1.29. The summed E-state index contributed by atoms with van der Waals surface area (Å²) in [4.78, 5) is 4.38. The molecule has 15 heavy (non-hydrogen) atoms. The van der Waals surface area contributed by atoms with E-state index in [4.69, 9.17) is 5.73 Å². The first-order chi connectivity index (χ1) is 7.29. The lowest BCUT2D eigenvalue weighted by Crippen LogP contribution is -2.09. The van der Waals surface area contributed by atoms with E-state index in [1.165, 1.54) is 10.1 Å². The third-order valence-corrected chi connectivity index (χ3v) is 3.11. The molecule has 0 bridgehead atoms. The van der Waals surface area contributed by atoms with Gasteiger partial charge in [-0.1, -0.05) is 6.92 Å². The van der Waals surface area contributed by atoms with Gasteiger partial charge in [-0.25, -0.2) is 4.99 Å². The van der Waals surface area contributed by atoms with E-state index in [-0.39, 0.29) is 0 Å². The summed E-state index contributed by atoms with van der Waals surface area (Å²) in [6.07, 6.45) is 1.90. The van der Waals surface area contributed by atoms with Gasteiger partial charge in [0.2, 0.25) is 0 Å². The van der Waals surface area contributed by atoms with Crippen LogP contribution in [0.4, 0.5) is 5.69 Å². The van der Waals surface area contributed by atoms with Gasteiger partial charge < -0.3 is 5.73 Å². The molecule has 0 saturated heterocycles. The van der Waals surface area contributed by atoms with E-state index < -0.39 is 0 Å². The Labute approximate surface area is 93.4 Å². The van der Waals surface area contributed by atoms with Crippen LogP contribution < -0.4 is 5.73 Å². The number of nitrogens with zero attached hydrogens (tertiary/aromatic N) is 1. The number of thiophene rings is 1. The van der Waals surface area contributed by atoms with Crippen molar-refractivity contribution in [1.29, 1.82) is 0 Å². The fraction of sp³-hybridized carbons (Fsp3) is 0.250. The van der Waals surface area contributed by atoms with Crippen LogP contribution >= 0.6 is 11.3 Å². The van der Waals surface area contributed by atoms with Crippen molar-refractivity contribution in [2.24, 2.45) is 10.7 Å². The fourth-order valence-corrected chi connectivity index (χ4v) is 2.27. The molecule has 0 amide bonds. The van der Waals surface area contributed by atoms with Gasteiger partial charge in [0.25, 0.3) is 0 Å². The van der Waals surface area contributed by atoms with Gasteiger partial charge in [0, 0.05) is 11.1 Å². The van der Waals surface area contributed by atoms with E-state index in [9.17, 15) is 0 Å². The minimum absolute atomic E-state index is 0.715. The number of rotatable bonds is 3. The van der Waals surface area contributed by atoms with Gasteiger partial charge in [-0.05, 0) is 41.5 Å². The lowest BCUT2D eigenvalue weighted by molar-refractivity contribution is 0.983. The average molecular weight is 218 g/mol. The number of hydrogen-bond acceptors (Lipinski definition) is 2. The number of aliphatic imine (C=N–C) groups is 1. The van der Waals surface area contributed by atoms with Crippen LogP contribution in [0.25, 0.3) is 10.1 Å². The van der Waals surface area contributed by atoms with Crippen LogP contribution in [0.2, 0.25) is 0 Å². The fourth-order valence-electron chi connectivity index (χ4n) is 1.50. The third kappa shape index (κ3) is 2.36. The largest absolute Gasteiger partial charge is 0.387 e. The highest BCUT2D eigenvalue weighted by Gasteiger charge is 1.97. The predicted octanol–water partition coefficient (Wildman–Crippen LogP) is 3.69. The molecule has 2 N–H and O–H groups in total. The molecule has 0 unspecified atom stereocenters. The van der Waals surface area contributed by atoms with E-state index in [0.29, 0.717) is 5.84 Å². The summed E-state index contributed by atoms with van der Waals surface area (Å²) in [5.41, 5.74) is 6.74. The van der Waals surface area contributed by atoms with Crippen molar-refractivity contribution >= 4 is 32.9 Å². The Morgan fingerprint density at radius 1 is 1.40 bits per heavy atom. The van der Waals surface area contributed by atoms with Gasteiger partial charge in [-0.2, -0.15) is 0 Å². The van der Waals surface area contributed by atoms with Gasteiger partial charge in [-0.15, -0.1) is 11.3 Å². The van der Waals surface area contributed by atoms with Crippen LogP contribution in [-0.4, -0.2) is 5.84 Å². The Hall–Kier alpha value is -1.35. The van der Waals surface area contributed by atoms with Crippen molar-refractivity contribution in [3.63, 3.8) is 0 Å². The smallest absolute Gasteiger partial charge is 0.0996 e. The zero-order valence-corrected chi connectivity index (χ0v) is 9.55. The van der Waals surface area contributed by atoms with Crippen molar-refractivity contribution in [3.8, 4) is 0 Å². The van der Waals surface area contributed by atoms with Crippen LogP contribution in [0.3, 0.4) is 0 Å². The van der Waals surface area contributed by atoms with Crippen molar-refractivity contribution in [1.82, 2.24) is 0 Å². The molecule has 0 aliphatic carbocycles. The van der Waals surface area contributed by atoms with E-state index in [2.05, 4.69) is 35.5 Å². The SMILES string of the molecule is CCCC(N)=Nc1ccc2sccc2c1. The Balaban J connectivity index is 2.31. The first-order valence-corrected chi connectivity index (χ1v) is 5.98. The molecule has 0 radical (unpaired) electrons. The molecule has 3 heteroatoms. The highest BCUT2D eigenvalue weighted by Crippen LogP contribution is 2.25. The number of benzene rings is 1. The molecule has 0 aliphatic heterocycles. The highest BCUT2D eigenvalue weighted by molar-refractivity contribution is 7.17. The monoisotopic (exact) mass is 218 g/mol. The first-order valence-electron chi connectivity index (χ1n) is 5.10. The third-order valence-electron chi connectivity index (χ3n) is 2.21. The maximum Gasteiger partial charge on any atom is 0.0996 e. The van der Waals surface area contributed by atoms with Gasteiger partial charge >= 0.3 is 0 Å². The van der Waals surface area contributed by atoms with Crippen molar-refractivity contribution in [2.45, 2.75) is 19.8 Å². The van der Waals surface area contributed by atoms with E-state index in [1.54, 1.807) is 11.3 Å². The Kier molecular flexibility index (Phi) is 3.02. The molecule has 0 spiro atoms. The molecule has 1 aromatic heterocycles. The number of fused-ring (bicyclic) bond motifs is 1. The number of amidine groups is 1. The van der Waals surface area contributed by atoms with Crippen molar-refractivity contribution in [2.75, 3.05) is 0 Å². The van der Waals surface area contributed by atoms with Crippen LogP contribution in [0.1, 0.15) is 19.8 Å². The number of hydrogen-bond donors (Lipinski definition) is 1. The lowest BCUT2D eigenvalue weighted by atomic mass is 10.2. The maximum absolute atomic E-state index is 5.79. The standard InChI is InChI=1S/C12H14N2S/c1-2-3-12(13)14-10-4-5-11-9(8-10)6-7-15-11/h4-8H,2-3H2,1H3,(H2,13,14). The molecule has 0 saturated carbocycles. The molecule has 78 valence electrons.